The number of aromatic carboxylic acids is 1. The van der Waals surface area contributed by atoms with E-state index in [1.54, 1.807) is 0 Å². The number of nitrogens with one attached hydrogen (secondary N) is 1. The van der Waals surface area contributed by atoms with Crippen LogP contribution in [0.5, 0.6) is 0 Å². The Kier molecular flexibility index (Phi) is 3.82. The fourth-order valence-corrected chi connectivity index (χ4v) is 1.47. The van der Waals surface area contributed by atoms with Crippen LogP contribution in [0.1, 0.15) is 26.5 Å². The van der Waals surface area contributed by atoms with Gasteiger partial charge in [0.2, 0.25) is 0 Å². The predicted octanol–water partition coefficient (Wildman–Crippen LogP) is 1.10. The van der Waals surface area contributed by atoms with Gasteiger partial charge in [0.1, 0.15) is 12.0 Å². The number of hydrogen-bond acceptors (Lipinski definition) is 4. The van der Waals surface area contributed by atoms with Crippen molar-refractivity contribution in [3.8, 4) is 0 Å². The van der Waals surface area contributed by atoms with E-state index in [0.29, 0.717) is 6.54 Å². The predicted molar refractivity (Wildman–Crippen MR) is 66.6 cm³/mol. The smallest absolute Gasteiger partial charge is 0.354 e. The highest BCUT2D eigenvalue weighted by molar-refractivity contribution is 5.94. The Morgan fingerprint density at radius 2 is 1.79 bits per heavy atom. The molecule has 1 amide bonds. The Hall–Kier alpha value is -2.76. The largest absolute Gasteiger partial charge is 0.477 e. The fraction of sp³-hybridized carbons (Fsp3) is 0.0769. The lowest BCUT2D eigenvalue weighted by Crippen LogP contribution is -2.24. The van der Waals surface area contributed by atoms with Crippen LogP contribution in [0.2, 0.25) is 0 Å². The quantitative estimate of drug-likeness (QED) is 0.855. The van der Waals surface area contributed by atoms with Gasteiger partial charge in [0.15, 0.2) is 5.69 Å². The van der Waals surface area contributed by atoms with E-state index in [1.807, 2.05) is 30.3 Å². The summed E-state index contributed by atoms with van der Waals surface area (Å²) in [5.74, 6) is -1.63. The maximum atomic E-state index is 11.8. The summed E-state index contributed by atoms with van der Waals surface area (Å²) >= 11 is 0. The second-order valence-electron chi connectivity index (χ2n) is 3.76. The molecular weight excluding hydrogens is 246 g/mol. The highest BCUT2D eigenvalue weighted by atomic mass is 16.4. The number of aromatic nitrogens is 2. The number of amides is 1. The molecule has 19 heavy (non-hydrogen) atoms. The minimum Gasteiger partial charge on any atom is -0.477 e. The summed E-state index contributed by atoms with van der Waals surface area (Å²) in [5.41, 5.74) is 0.770. The Bertz CT molecular complexity index is 599. The van der Waals surface area contributed by atoms with Gasteiger partial charge in [-0.25, -0.2) is 14.8 Å². The molecule has 0 spiro atoms. The van der Waals surface area contributed by atoms with Crippen molar-refractivity contribution >= 4 is 11.9 Å². The van der Waals surface area contributed by atoms with Gasteiger partial charge in [0, 0.05) is 12.6 Å². The zero-order valence-electron chi connectivity index (χ0n) is 9.91. The Balaban J connectivity index is 2.04. The molecule has 0 fully saturated rings. The van der Waals surface area contributed by atoms with Crippen molar-refractivity contribution in [2.75, 3.05) is 0 Å². The van der Waals surface area contributed by atoms with Crippen molar-refractivity contribution in [2.45, 2.75) is 6.54 Å². The van der Waals surface area contributed by atoms with Crippen molar-refractivity contribution < 1.29 is 14.7 Å². The first kappa shape index (κ1) is 12.7. The van der Waals surface area contributed by atoms with Gasteiger partial charge in [-0.3, -0.25) is 4.79 Å². The van der Waals surface area contributed by atoms with Gasteiger partial charge in [-0.05, 0) is 5.56 Å². The number of benzene rings is 1. The highest BCUT2D eigenvalue weighted by Gasteiger charge is 2.11. The van der Waals surface area contributed by atoms with Crippen molar-refractivity contribution in [1.29, 1.82) is 0 Å². The van der Waals surface area contributed by atoms with Gasteiger partial charge in [-0.1, -0.05) is 30.3 Å². The van der Waals surface area contributed by atoms with Crippen LogP contribution in [0.4, 0.5) is 0 Å². The molecule has 2 N–H and O–H groups in total. The zero-order chi connectivity index (χ0) is 13.7. The number of rotatable bonds is 4. The molecule has 0 aliphatic rings. The molecule has 96 valence electrons. The van der Waals surface area contributed by atoms with Crippen LogP contribution in [0.15, 0.2) is 42.7 Å². The zero-order valence-corrected chi connectivity index (χ0v) is 9.91. The summed E-state index contributed by atoms with van der Waals surface area (Å²) in [6, 6.07) is 10.5. The SMILES string of the molecule is O=C(O)c1cc(C(=O)NCc2ccccc2)ncn1. The molecule has 1 aromatic carbocycles. The van der Waals surface area contributed by atoms with E-state index in [-0.39, 0.29) is 11.4 Å². The highest BCUT2D eigenvalue weighted by Crippen LogP contribution is 2.01. The number of hydrogen-bond donors (Lipinski definition) is 2. The number of carboxylic acid groups (broad SMARTS) is 1. The van der Waals surface area contributed by atoms with Gasteiger partial charge in [-0.15, -0.1) is 0 Å². The first-order valence-electron chi connectivity index (χ1n) is 5.54. The summed E-state index contributed by atoms with van der Waals surface area (Å²) in [6.45, 7) is 0.353. The van der Waals surface area contributed by atoms with Crippen LogP contribution in [0.25, 0.3) is 0 Å². The Labute approximate surface area is 109 Å². The maximum absolute atomic E-state index is 11.8. The van der Waals surface area contributed by atoms with E-state index in [0.717, 1.165) is 18.0 Å². The summed E-state index contributed by atoms with van der Waals surface area (Å²) in [4.78, 5) is 29.8. The first-order chi connectivity index (χ1) is 9.16. The Morgan fingerprint density at radius 3 is 2.47 bits per heavy atom. The molecule has 2 aromatic rings. The lowest BCUT2D eigenvalue weighted by atomic mass is 10.2. The molecule has 0 saturated heterocycles. The molecule has 0 unspecified atom stereocenters. The number of carboxylic acids is 1. The molecular formula is C13H11N3O3. The molecule has 6 heteroatoms. The molecule has 0 atom stereocenters. The number of carbonyl (C=O) groups excluding carboxylic acids is 1. The van der Waals surface area contributed by atoms with Gasteiger partial charge in [0.25, 0.3) is 5.91 Å². The van der Waals surface area contributed by atoms with Crippen LogP contribution in [-0.2, 0) is 6.54 Å². The lowest BCUT2D eigenvalue weighted by Gasteiger charge is -2.04. The number of nitrogens with zero attached hydrogens (tertiary/aromatic N) is 2. The molecule has 0 saturated carbocycles. The van der Waals surface area contributed by atoms with Crippen LogP contribution in [0, 0.1) is 0 Å². The van der Waals surface area contributed by atoms with E-state index in [1.165, 1.54) is 0 Å². The minimum atomic E-state index is -1.19. The third-order valence-corrected chi connectivity index (χ3v) is 2.41. The maximum Gasteiger partial charge on any atom is 0.354 e. The molecule has 6 nitrogen and oxygen atoms in total. The fourth-order valence-electron chi connectivity index (χ4n) is 1.47. The van der Waals surface area contributed by atoms with Crippen LogP contribution >= 0.6 is 0 Å². The van der Waals surface area contributed by atoms with E-state index in [4.69, 9.17) is 5.11 Å². The number of carbonyl (C=O) groups is 2. The van der Waals surface area contributed by atoms with Crippen molar-refractivity contribution in [1.82, 2.24) is 15.3 Å². The molecule has 0 bridgehead atoms. The molecule has 1 aromatic heterocycles. The second kappa shape index (κ2) is 5.72. The van der Waals surface area contributed by atoms with Crippen LogP contribution in [-0.4, -0.2) is 27.0 Å². The molecule has 0 radical (unpaired) electrons. The van der Waals surface area contributed by atoms with E-state index in [9.17, 15) is 9.59 Å². The third kappa shape index (κ3) is 3.35. The average Bonchev–Trinajstić information content (AvgIpc) is 2.46. The standard InChI is InChI=1S/C13H11N3O3/c17-12(14-7-9-4-2-1-3-5-9)10-6-11(13(18)19)16-8-15-10/h1-6,8H,7H2,(H,14,17)(H,18,19). The Morgan fingerprint density at radius 1 is 1.11 bits per heavy atom. The summed E-state index contributed by atoms with van der Waals surface area (Å²) in [5, 5.41) is 11.4. The first-order valence-corrected chi connectivity index (χ1v) is 5.54. The van der Waals surface area contributed by atoms with Gasteiger partial charge in [0.05, 0.1) is 0 Å². The van der Waals surface area contributed by atoms with Crippen molar-refractivity contribution in [3.63, 3.8) is 0 Å². The van der Waals surface area contributed by atoms with E-state index in [2.05, 4.69) is 15.3 Å². The van der Waals surface area contributed by atoms with Gasteiger partial charge < -0.3 is 10.4 Å². The average molecular weight is 257 g/mol. The lowest BCUT2D eigenvalue weighted by molar-refractivity contribution is 0.0690. The van der Waals surface area contributed by atoms with Gasteiger partial charge in [-0.2, -0.15) is 0 Å². The molecule has 0 aliphatic heterocycles. The topological polar surface area (TPSA) is 92.2 Å². The second-order valence-corrected chi connectivity index (χ2v) is 3.76. The summed E-state index contributed by atoms with van der Waals surface area (Å²) < 4.78 is 0. The molecule has 1 heterocycles. The molecule has 0 aliphatic carbocycles. The third-order valence-electron chi connectivity index (χ3n) is 2.41. The monoisotopic (exact) mass is 257 g/mol. The van der Waals surface area contributed by atoms with Crippen LogP contribution < -0.4 is 5.32 Å². The van der Waals surface area contributed by atoms with E-state index < -0.39 is 11.9 Å². The molecule has 2 rings (SSSR count). The van der Waals surface area contributed by atoms with E-state index >= 15 is 0 Å². The summed E-state index contributed by atoms with van der Waals surface area (Å²) in [7, 11) is 0. The normalized spacial score (nSPS) is 9.89. The minimum absolute atomic E-state index is 0.0309. The van der Waals surface area contributed by atoms with Crippen molar-refractivity contribution in [2.24, 2.45) is 0 Å². The van der Waals surface area contributed by atoms with Crippen molar-refractivity contribution in [3.05, 3.63) is 59.7 Å². The van der Waals surface area contributed by atoms with Gasteiger partial charge >= 0.3 is 5.97 Å². The van der Waals surface area contributed by atoms with Crippen LogP contribution in [0.3, 0.4) is 0 Å². The summed E-state index contributed by atoms with van der Waals surface area (Å²) in [6.07, 6.45) is 1.06.